The van der Waals surface area contributed by atoms with Gasteiger partial charge in [0, 0.05) is 31.4 Å². The number of rotatable bonds is 5. The van der Waals surface area contributed by atoms with Crippen molar-refractivity contribution < 1.29 is 18.0 Å². The third-order valence-electron chi connectivity index (χ3n) is 6.61. The second kappa shape index (κ2) is 10.1. The Morgan fingerprint density at radius 2 is 1.84 bits per heavy atom. The van der Waals surface area contributed by atoms with Crippen molar-refractivity contribution in [1.82, 2.24) is 9.88 Å². The Morgan fingerprint density at radius 3 is 2.53 bits per heavy atom. The van der Waals surface area contributed by atoms with Crippen molar-refractivity contribution in [2.45, 2.75) is 19.0 Å². The number of aromatic nitrogens is 1. The van der Waals surface area contributed by atoms with E-state index in [2.05, 4.69) is 11.4 Å². The number of nitrogens with zero attached hydrogens (tertiary/aromatic N) is 5. The molecule has 2 aromatic carbocycles. The summed E-state index contributed by atoms with van der Waals surface area (Å²) in [7, 11) is -1.62. The number of carbonyl (C=O) groups excluding carboxylic acids is 2. The molecule has 2 amide bonds. The molecule has 2 aliphatic heterocycles. The lowest BCUT2D eigenvalue weighted by Crippen LogP contribution is -2.51. The van der Waals surface area contributed by atoms with Crippen LogP contribution in [0.3, 0.4) is 0 Å². The van der Waals surface area contributed by atoms with Crippen LogP contribution in [0.25, 0.3) is 0 Å². The number of anilines is 4. The third-order valence-corrected chi connectivity index (χ3v) is 8.23. The summed E-state index contributed by atoms with van der Waals surface area (Å²) >= 11 is 0. The largest absolute Gasteiger partial charge is 0.340 e. The van der Waals surface area contributed by atoms with Crippen molar-refractivity contribution in [2.24, 2.45) is 0 Å². The van der Waals surface area contributed by atoms with Crippen LogP contribution in [0.5, 0.6) is 0 Å². The number of fused-ring (bicyclic) bond motifs is 1. The number of pyridine rings is 1. The molecule has 1 N–H and O–H groups in total. The highest BCUT2D eigenvalue weighted by Gasteiger charge is 2.38. The Balaban J connectivity index is 1.38. The molecule has 38 heavy (non-hydrogen) atoms. The summed E-state index contributed by atoms with van der Waals surface area (Å²) in [4.78, 5) is 34.9. The van der Waals surface area contributed by atoms with Gasteiger partial charge >= 0.3 is 0 Å². The van der Waals surface area contributed by atoms with Crippen molar-refractivity contribution in [3.8, 4) is 6.07 Å². The van der Waals surface area contributed by atoms with Gasteiger partial charge in [0.2, 0.25) is 0 Å². The summed E-state index contributed by atoms with van der Waals surface area (Å²) < 4.78 is 23.8. The van der Waals surface area contributed by atoms with E-state index in [0.29, 0.717) is 48.1 Å². The molecular formula is C27H26N6O4S. The molecular weight excluding hydrogens is 504 g/mol. The van der Waals surface area contributed by atoms with Gasteiger partial charge in [-0.25, -0.2) is 13.4 Å². The molecule has 194 valence electrons. The zero-order chi connectivity index (χ0) is 26.9. The smallest absolute Gasteiger partial charge is 0.264 e. The van der Waals surface area contributed by atoms with Crippen LogP contribution in [0.2, 0.25) is 0 Å². The van der Waals surface area contributed by atoms with Crippen LogP contribution in [-0.2, 0) is 21.2 Å². The summed E-state index contributed by atoms with van der Waals surface area (Å²) in [5.41, 5.74) is 2.61. The van der Waals surface area contributed by atoms with Crippen molar-refractivity contribution in [3.63, 3.8) is 0 Å². The maximum atomic E-state index is 12.9. The van der Waals surface area contributed by atoms with E-state index in [0.717, 1.165) is 5.56 Å². The van der Waals surface area contributed by atoms with Gasteiger partial charge in [-0.05, 0) is 48.4 Å². The van der Waals surface area contributed by atoms with Crippen molar-refractivity contribution in [1.29, 1.82) is 5.26 Å². The summed E-state index contributed by atoms with van der Waals surface area (Å²) in [6.45, 7) is 0.752. The van der Waals surface area contributed by atoms with Gasteiger partial charge in [-0.15, -0.1) is 0 Å². The highest BCUT2D eigenvalue weighted by Crippen LogP contribution is 2.36. The van der Waals surface area contributed by atoms with Crippen LogP contribution >= 0.6 is 0 Å². The Hall–Kier alpha value is -4.43. The summed E-state index contributed by atoms with van der Waals surface area (Å²) in [5.74, 6) is 0.215. The SMILES string of the molecule is CN1C(=O)C(C#N)N(Cc2ccccc2)c2nc(Nc3ccc(C(=O)N4CCCS(=O)(=O)C4)cc3)ccc21. The van der Waals surface area contributed by atoms with Crippen LogP contribution in [0.4, 0.5) is 23.0 Å². The first kappa shape index (κ1) is 25.2. The number of nitrogens with one attached hydrogen (secondary N) is 1. The predicted octanol–water partition coefficient (Wildman–Crippen LogP) is 2.92. The zero-order valence-corrected chi connectivity index (χ0v) is 21.6. The Morgan fingerprint density at radius 1 is 1.11 bits per heavy atom. The van der Waals surface area contributed by atoms with Crippen LogP contribution < -0.4 is 15.1 Å². The van der Waals surface area contributed by atoms with Gasteiger partial charge < -0.3 is 20.0 Å². The summed E-state index contributed by atoms with van der Waals surface area (Å²) in [5, 5.41) is 13.0. The molecule has 2 aliphatic rings. The molecule has 0 saturated carbocycles. The molecule has 0 spiro atoms. The molecule has 1 saturated heterocycles. The molecule has 0 radical (unpaired) electrons. The predicted molar refractivity (Wildman–Crippen MR) is 144 cm³/mol. The number of sulfone groups is 1. The number of benzene rings is 2. The highest BCUT2D eigenvalue weighted by atomic mass is 32.2. The van der Waals surface area contributed by atoms with Gasteiger partial charge in [-0.3, -0.25) is 9.59 Å². The van der Waals surface area contributed by atoms with Gasteiger partial charge in [0.05, 0.1) is 17.5 Å². The number of hydrogen-bond acceptors (Lipinski definition) is 8. The van der Waals surface area contributed by atoms with Gasteiger partial charge in [0.15, 0.2) is 21.7 Å². The molecule has 1 fully saturated rings. The fraction of sp³-hybridized carbons (Fsp3) is 0.259. The summed E-state index contributed by atoms with van der Waals surface area (Å²) in [6, 6.07) is 20.9. The molecule has 0 bridgehead atoms. The normalized spacial score (nSPS) is 18.5. The standard InChI is InChI=1S/C27H26N6O4S/c1-31-22-12-13-24(30-25(22)33(23(16-28)27(31)35)17-19-6-3-2-4-7-19)29-21-10-8-20(9-11-21)26(34)32-14-5-15-38(36,37)18-32/h2-4,6-13,23H,5,14-15,17-18H2,1H3,(H,29,30). The quantitative estimate of drug-likeness (QED) is 0.534. The Labute approximate surface area is 221 Å². The van der Waals surface area contributed by atoms with Crippen molar-refractivity contribution >= 4 is 44.7 Å². The van der Waals surface area contributed by atoms with E-state index in [9.17, 15) is 23.3 Å². The first-order chi connectivity index (χ1) is 18.3. The van der Waals surface area contributed by atoms with E-state index < -0.39 is 15.9 Å². The number of amides is 2. The fourth-order valence-corrected chi connectivity index (χ4v) is 6.06. The molecule has 10 nitrogen and oxygen atoms in total. The average molecular weight is 531 g/mol. The minimum Gasteiger partial charge on any atom is -0.340 e. The van der Waals surface area contributed by atoms with Gasteiger partial charge in [0.25, 0.3) is 11.8 Å². The summed E-state index contributed by atoms with van der Waals surface area (Å²) in [6.07, 6.45) is 0.437. The van der Waals surface area contributed by atoms with Crippen molar-refractivity contribution in [3.05, 3.63) is 77.9 Å². The number of hydrogen-bond donors (Lipinski definition) is 1. The van der Waals surface area contributed by atoms with Gasteiger partial charge in [-0.1, -0.05) is 30.3 Å². The Kier molecular flexibility index (Phi) is 6.73. The molecule has 5 rings (SSSR count). The lowest BCUT2D eigenvalue weighted by molar-refractivity contribution is -0.118. The van der Waals surface area contributed by atoms with Crippen LogP contribution in [0, 0.1) is 11.3 Å². The van der Waals surface area contributed by atoms with Gasteiger partial charge in [0.1, 0.15) is 11.7 Å². The fourth-order valence-electron chi connectivity index (χ4n) is 4.64. The highest BCUT2D eigenvalue weighted by molar-refractivity contribution is 7.91. The molecule has 1 atom stereocenters. The molecule has 0 aliphatic carbocycles. The maximum absolute atomic E-state index is 12.9. The van der Waals surface area contributed by atoms with E-state index in [1.54, 1.807) is 48.3 Å². The number of carbonyl (C=O) groups is 2. The van der Waals surface area contributed by atoms with Crippen LogP contribution in [0.1, 0.15) is 22.3 Å². The lowest BCUT2D eigenvalue weighted by Gasteiger charge is -2.37. The van der Waals surface area contributed by atoms with Crippen LogP contribution in [0.15, 0.2) is 66.7 Å². The van der Waals surface area contributed by atoms with Crippen molar-refractivity contribution in [2.75, 3.05) is 40.3 Å². The van der Waals surface area contributed by atoms with E-state index in [-0.39, 0.29) is 23.4 Å². The first-order valence-electron chi connectivity index (χ1n) is 12.1. The first-order valence-corrected chi connectivity index (χ1v) is 13.9. The average Bonchev–Trinajstić information content (AvgIpc) is 2.92. The number of nitriles is 1. The van der Waals surface area contributed by atoms with E-state index >= 15 is 0 Å². The molecule has 1 unspecified atom stereocenters. The van der Waals surface area contributed by atoms with E-state index in [1.807, 2.05) is 30.3 Å². The van der Waals surface area contributed by atoms with E-state index in [4.69, 9.17) is 4.98 Å². The lowest BCUT2D eigenvalue weighted by atomic mass is 10.1. The van der Waals surface area contributed by atoms with Gasteiger partial charge in [-0.2, -0.15) is 5.26 Å². The molecule has 1 aromatic heterocycles. The molecule has 3 aromatic rings. The topological polar surface area (TPSA) is 127 Å². The minimum atomic E-state index is -3.24. The third kappa shape index (κ3) is 5.03. The Bertz CT molecular complexity index is 1520. The maximum Gasteiger partial charge on any atom is 0.264 e. The monoisotopic (exact) mass is 530 g/mol. The zero-order valence-electron chi connectivity index (χ0n) is 20.7. The second-order valence-electron chi connectivity index (χ2n) is 9.28. The van der Waals surface area contributed by atoms with E-state index in [1.165, 1.54) is 9.80 Å². The minimum absolute atomic E-state index is 0.106. The number of likely N-dealkylation sites (N-methyl/N-ethyl adjacent to an activating group) is 1. The van der Waals surface area contributed by atoms with Crippen LogP contribution in [-0.4, -0.2) is 61.4 Å². The molecule has 3 heterocycles. The second-order valence-corrected chi connectivity index (χ2v) is 11.4. The molecule has 11 heteroatoms.